The van der Waals surface area contributed by atoms with E-state index in [4.69, 9.17) is 16.3 Å². The molecule has 0 unspecified atom stereocenters. The Balaban J connectivity index is 1.71. The van der Waals surface area contributed by atoms with Gasteiger partial charge in [-0.15, -0.1) is 5.10 Å². The Labute approximate surface area is 144 Å². The first-order valence-electron chi connectivity index (χ1n) is 6.77. The van der Waals surface area contributed by atoms with Crippen molar-refractivity contribution in [2.24, 2.45) is 0 Å². The van der Waals surface area contributed by atoms with E-state index in [0.717, 1.165) is 12.4 Å². The zero-order chi connectivity index (χ0) is 17.8. The van der Waals surface area contributed by atoms with Crippen molar-refractivity contribution < 1.29 is 22.6 Å². The van der Waals surface area contributed by atoms with E-state index in [0.29, 0.717) is 11.4 Å². The van der Waals surface area contributed by atoms with Crippen LogP contribution in [0, 0.1) is 5.82 Å². The van der Waals surface area contributed by atoms with Gasteiger partial charge in [0.25, 0.3) is 0 Å². The molecule has 11 heteroatoms. The van der Waals surface area contributed by atoms with Crippen LogP contribution in [0.5, 0.6) is 11.8 Å². The number of hydrogen-bond acceptors (Lipinski definition) is 6. The molecule has 0 fully saturated rings. The van der Waals surface area contributed by atoms with Crippen molar-refractivity contribution in [1.82, 2.24) is 25.0 Å². The van der Waals surface area contributed by atoms with Gasteiger partial charge in [0.2, 0.25) is 0 Å². The van der Waals surface area contributed by atoms with Crippen LogP contribution in [0.4, 0.5) is 13.2 Å². The highest BCUT2D eigenvalue weighted by Crippen LogP contribution is 2.28. The van der Waals surface area contributed by atoms with Gasteiger partial charge in [0.05, 0.1) is 29.3 Å². The SMILES string of the molecule is Fc1cnc(OCc2cn(-c3ccc(Cl)c(OC(F)F)c3)nn2)nc1. The lowest BCUT2D eigenvalue weighted by atomic mass is 10.3. The first kappa shape index (κ1) is 17.0. The first-order valence-corrected chi connectivity index (χ1v) is 7.15. The molecular formula is C14H9ClF3N5O2. The largest absolute Gasteiger partial charge is 0.457 e. The molecule has 0 saturated carbocycles. The molecule has 2 aromatic heterocycles. The fraction of sp³-hybridized carbons (Fsp3) is 0.143. The zero-order valence-electron chi connectivity index (χ0n) is 12.3. The standard InChI is InChI=1S/C14H9ClF3N5O2/c15-11-2-1-10(3-12(11)25-13(17)18)23-6-9(21-22-23)7-24-14-19-4-8(16)5-20-14/h1-6,13H,7H2. The lowest BCUT2D eigenvalue weighted by Gasteiger charge is -2.08. The van der Waals surface area contributed by atoms with E-state index in [2.05, 4.69) is 25.0 Å². The van der Waals surface area contributed by atoms with Gasteiger partial charge in [0.15, 0.2) is 5.82 Å². The molecule has 0 amide bonds. The number of aromatic nitrogens is 5. The average molecular weight is 372 g/mol. The molecule has 0 aliphatic rings. The molecule has 0 spiro atoms. The fourth-order valence-electron chi connectivity index (χ4n) is 1.83. The van der Waals surface area contributed by atoms with E-state index in [9.17, 15) is 13.2 Å². The topological polar surface area (TPSA) is 75.0 Å². The van der Waals surface area contributed by atoms with Crippen LogP contribution < -0.4 is 9.47 Å². The molecule has 7 nitrogen and oxygen atoms in total. The average Bonchev–Trinajstić information content (AvgIpc) is 3.05. The van der Waals surface area contributed by atoms with Crippen LogP contribution in [0.1, 0.15) is 5.69 Å². The molecule has 0 saturated heterocycles. The summed E-state index contributed by atoms with van der Waals surface area (Å²) in [5, 5.41) is 7.78. The molecule has 2 heterocycles. The highest BCUT2D eigenvalue weighted by molar-refractivity contribution is 6.32. The monoisotopic (exact) mass is 371 g/mol. The molecule has 0 aliphatic carbocycles. The van der Waals surface area contributed by atoms with Gasteiger partial charge in [-0.25, -0.2) is 19.0 Å². The van der Waals surface area contributed by atoms with Gasteiger partial charge in [-0.05, 0) is 12.1 Å². The lowest BCUT2D eigenvalue weighted by Crippen LogP contribution is -2.03. The van der Waals surface area contributed by atoms with Crippen molar-refractivity contribution in [2.45, 2.75) is 13.2 Å². The smallest absolute Gasteiger partial charge is 0.387 e. The van der Waals surface area contributed by atoms with Gasteiger partial charge in [0, 0.05) is 6.07 Å². The summed E-state index contributed by atoms with van der Waals surface area (Å²) in [5.74, 6) is -0.759. The van der Waals surface area contributed by atoms with E-state index < -0.39 is 12.4 Å². The Morgan fingerprint density at radius 2 is 1.96 bits per heavy atom. The van der Waals surface area contributed by atoms with Crippen LogP contribution in [0.3, 0.4) is 0 Å². The maximum Gasteiger partial charge on any atom is 0.387 e. The van der Waals surface area contributed by atoms with Crippen molar-refractivity contribution in [3.8, 4) is 17.4 Å². The third kappa shape index (κ3) is 4.35. The lowest BCUT2D eigenvalue weighted by molar-refractivity contribution is -0.0497. The van der Waals surface area contributed by atoms with Crippen LogP contribution in [-0.2, 0) is 6.61 Å². The molecule has 0 atom stereocenters. The Morgan fingerprint density at radius 1 is 1.20 bits per heavy atom. The highest BCUT2D eigenvalue weighted by atomic mass is 35.5. The fourth-order valence-corrected chi connectivity index (χ4v) is 1.99. The molecular weight excluding hydrogens is 363 g/mol. The summed E-state index contributed by atoms with van der Waals surface area (Å²) in [6, 6.07) is 4.24. The number of nitrogens with zero attached hydrogens (tertiary/aromatic N) is 5. The van der Waals surface area contributed by atoms with Gasteiger partial charge in [-0.2, -0.15) is 8.78 Å². The second kappa shape index (κ2) is 7.34. The minimum Gasteiger partial charge on any atom is -0.457 e. The predicted molar refractivity (Wildman–Crippen MR) is 79.3 cm³/mol. The number of rotatable bonds is 6. The Bertz CT molecular complexity index is 860. The van der Waals surface area contributed by atoms with Gasteiger partial charge in [0.1, 0.15) is 18.1 Å². The third-order valence-corrected chi connectivity index (χ3v) is 3.19. The molecule has 0 bridgehead atoms. The van der Waals surface area contributed by atoms with Crippen molar-refractivity contribution >= 4 is 11.6 Å². The van der Waals surface area contributed by atoms with Crippen molar-refractivity contribution in [2.75, 3.05) is 0 Å². The molecule has 1 aromatic carbocycles. The second-order valence-electron chi connectivity index (χ2n) is 4.62. The third-order valence-electron chi connectivity index (χ3n) is 2.88. The summed E-state index contributed by atoms with van der Waals surface area (Å²) in [5.41, 5.74) is 0.830. The first-order chi connectivity index (χ1) is 12.0. The number of ether oxygens (including phenoxy) is 2. The highest BCUT2D eigenvalue weighted by Gasteiger charge is 2.11. The number of halogens is 4. The van der Waals surface area contributed by atoms with Crippen molar-refractivity contribution in [1.29, 1.82) is 0 Å². The van der Waals surface area contributed by atoms with Gasteiger partial charge in [-0.3, -0.25) is 0 Å². The van der Waals surface area contributed by atoms with Crippen LogP contribution in [0.2, 0.25) is 5.02 Å². The van der Waals surface area contributed by atoms with Crippen LogP contribution in [0.15, 0.2) is 36.8 Å². The van der Waals surface area contributed by atoms with Crippen LogP contribution in [-0.4, -0.2) is 31.6 Å². The quantitative estimate of drug-likeness (QED) is 0.663. The van der Waals surface area contributed by atoms with Crippen LogP contribution >= 0.6 is 11.6 Å². The van der Waals surface area contributed by atoms with E-state index in [1.807, 2.05) is 0 Å². The second-order valence-corrected chi connectivity index (χ2v) is 5.03. The Morgan fingerprint density at radius 3 is 2.68 bits per heavy atom. The molecule has 3 rings (SSSR count). The van der Waals surface area contributed by atoms with E-state index in [-0.39, 0.29) is 23.4 Å². The number of alkyl halides is 2. The minimum absolute atomic E-state index is 0.0143. The molecule has 0 aliphatic heterocycles. The molecule has 0 radical (unpaired) electrons. The minimum atomic E-state index is -3.00. The van der Waals surface area contributed by atoms with E-state index >= 15 is 0 Å². The summed E-state index contributed by atoms with van der Waals surface area (Å²) in [4.78, 5) is 7.28. The molecule has 3 aromatic rings. The van der Waals surface area contributed by atoms with Crippen LogP contribution in [0.25, 0.3) is 5.69 Å². The summed E-state index contributed by atoms with van der Waals surface area (Å²) >= 11 is 5.80. The maximum absolute atomic E-state index is 12.7. The molecule has 0 N–H and O–H groups in total. The van der Waals surface area contributed by atoms with Gasteiger partial charge < -0.3 is 9.47 Å². The molecule has 25 heavy (non-hydrogen) atoms. The van der Waals surface area contributed by atoms with Crippen molar-refractivity contribution in [3.05, 3.63) is 53.3 Å². The Kier molecular flexibility index (Phi) is 4.98. The summed E-state index contributed by atoms with van der Waals surface area (Å²) in [6.07, 6.45) is 3.45. The maximum atomic E-state index is 12.7. The summed E-state index contributed by atoms with van der Waals surface area (Å²) in [6.45, 7) is -3.01. The Hall–Kier alpha value is -2.88. The normalized spacial score (nSPS) is 10.9. The van der Waals surface area contributed by atoms with Gasteiger partial charge in [-0.1, -0.05) is 16.8 Å². The molecule has 130 valence electrons. The summed E-state index contributed by atoms with van der Waals surface area (Å²) < 4.78 is 48.3. The predicted octanol–water partition coefficient (Wildman–Crippen LogP) is 3.03. The van der Waals surface area contributed by atoms with Gasteiger partial charge >= 0.3 is 12.6 Å². The zero-order valence-corrected chi connectivity index (χ0v) is 13.1. The van der Waals surface area contributed by atoms with Crippen molar-refractivity contribution in [3.63, 3.8) is 0 Å². The number of hydrogen-bond donors (Lipinski definition) is 0. The number of benzene rings is 1. The van der Waals surface area contributed by atoms with E-state index in [1.165, 1.54) is 23.0 Å². The summed E-state index contributed by atoms with van der Waals surface area (Å²) in [7, 11) is 0. The van der Waals surface area contributed by atoms with E-state index in [1.54, 1.807) is 6.07 Å².